The Morgan fingerprint density at radius 3 is 2.55 bits per heavy atom. The molecule has 0 saturated heterocycles. The molecular weight excluding hydrogens is 246 g/mol. The zero-order valence-electron chi connectivity index (χ0n) is 11.4. The van der Waals surface area contributed by atoms with E-state index in [1.165, 1.54) is 16.3 Å². The molecule has 3 rings (SSSR count). The molecule has 3 nitrogen and oxygen atoms in total. The van der Waals surface area contributed by atoms with Crippen LogP contribution in [0.5, 0.6) is 0 Å². The number of nitrogens with two attached hydrogens (primary N) is 1. The third-order valence-corrected chi connectivity index (χ3v) is 3.51. The number of aromatic nitrogens is 1. The zero-order chi connectivity index (χ0) is 13.9. The van der Waals surface area contributed by atoms with Crippen molar-refractivity contribution in [2.75, 3.05) is 0 Å². The standard InChI is InChI=1S/C17H17N3/c1-12-8-9-19-16(10-12)17(20-18)15-7-6-13-4-2-3-5-14(13)11-15/h2-11,17,20H,18H2,1H3. The SMILES string of the molecule is Cc1ccnc(C(NN)c2ccc3ccccc3c2)c1. The highest BCUT2D eigenvalue weighted by atomic mass is 15.2. The predicted octanol–water partition coefficient (Wildman–Crippen LogP) is 3.10. The fourth-order valence-electron chi connectivity index (χ4n) is 2.46. The first-order chi connectivity index (χ1) is 9.78. The number of hydrogen-bond acceptors (Lipinski definition) is 3. The van der Waals surface area contributed by atoms with Gasteiger partial charge in [0.15, 0.2) is 0 Å². The topological polar surface area (TPSA) is 50.9 Å². The van der Waals surface area contributed by atoms with Gasteiger partial charge in [0.1, 0.15) is 0 Å². The Kier molecular flexibility index (Phi) is 3.46. The second-order valence-electron chi connectivity index (χ2n) is 4.96. The minimum absolute atomic E-state index is 0.0977. The molecular formula is C17H17N3. The molecule has 1 aromatic heterocycles. The lowest BCUT2D eigenvalue weighted by Crippen LogP contribution is -2.29. The van der Waals surface area contributed by atoms with Crippen molar-refractivity contribution in [3.63, 3.8) is 0 Å². The molecule has 3 aromatic rings. The molecule has 0 bridgehead atoms. The van der Waals surface area contributed by atoms with Gasteiger partial charge in [-0.2, -0.15) is 0 Å². The molecule has 3 heteroatoms. The van der Waals surface area contributed by atoms with Crippen LogP contribution >= 0.6 is 0 Å². The zero-order valence-corrected chi connectivity index (χ0v) is 11.4. The van der Waals surface area contributed by atoms with Crippen molar-refractivity contribution >= 4 is 10.8 Å². The number of benzene rings is 2. The van der Waals surface area contributed by atoms with Gasteiger partial charge in [-0.25, -0.2) is 5.43 Å². The van der Waals surface area contributed by atoms with Crippen molar-refractivity contribution in [1.82, 2.24) is 10.4 Å². The van der Waals surface area contributed by atoms with Crippen LogP contribution in [0, 0.1) is 6.92 Å². The molecule has 0 saturated carbocycles. The van der Waals surface area contributed by atoms with Gasteiger partial charge in [0.25, 0.3) is 0 Å². The van der Waals surface area contributed by atoms with E-state index in [0.29, 0.717) is 0 Å². The lowest BCUT2D eigenvalue weighted by atomic mass is 9.99. The normalized spacial score (nSPS) is 12.5. The molecule has 20 heavy (non-hydrogen) atoms. The lowest BCUT2D eigenvalue weighted by Gasteiger charge is -2.17. The molecule has 1 heterocycles. The lowest BCUT2D eigenvalue weighted by molar-refractivity contribution is 0.621. The summed E-state index contributed by atoms with van der Waals surface area (Å²) in [5, 5.41) is 2.43. The first-order valence-corrected chi connectivity index (χ1v) is 6.65. The summed E-state index contributed by atoms with van der Waals surface area (Å²) in [6.45, 7) is 2.05. The highest BCUT2D eigenvalue weighted by Crippen LogP contribution is 2.24. The maximum atomic E-state index is 5.74. The molecule has 1 unspecified atom stereocenters. The Morgan fingerprint density at radius 1 is 1.00 bits per heavy atom. The molecule has 0 amide bonds. The second kappa shape index (κ2) is 5.41. The molecule has 3 N–H and O–H groups in total. The number of nitrogens with one attached hydrogen (secondary N) is 1. The van der Waals surface area contributed by atoms with Gasteiger partial charge in [-0.15, -0.1) is 0 Å². The van der Waals surface area contributed by atoms with Crippen molar-refractivity contribution in [3.05, 3.63) is 77.6 Å². The summed E-state index contributed by atoms with van der Waals surface area (Å²) in [6, 6.07) is 18.6. The number of rotatable bonds is 3. The maximum absolute atomic E-state index is 5.74. The van der Waals surface area contributed by atoms with E-state index in [9.17, 15) is 0 Å². The fourth-order valence-corrected chi connectivity index (χ4v) is 2.46. The van der Waals surface area contributed by atoms with Crippen molar-refractivity contribution in [2.24, 2.45) is 5.84 Å². The van der Waals surface area contributed by atoms with Crippen molar-refractivity contribution in [3.8, 4) is 0 Å². The smallest absolute Gasteiger partial charge is 0.0881 e. The van der Waals surface area contributed by atoms with Crippen LogP contribution in [0.3, 0.4) is 0 Å². The second-order valence-corrected chi connectivity index (χ2v) is 4.96. The Balaban J connectivity index is 2.07. The minimum Gasteiger partial charge on any atom is -0.271 e. The van der Waals surface area contributed by atoms with Gasteiger partial charge in [0.2, 0.25) is 0 Å². The quantitative estimate of drug-likeness (QED) is 0.564. The summed E-state index contributed by atoms with van der Waals surface area (Å²) in [7, 11) is 0. The molecule has 1 atom stereocenters. The van der Waals surface area contributed by atoms with Crippen LogP contribution in [-0.4, -0.2) is 4.98 Å². The Hall–Kier alpha value is -2.23. The van der Waals surface area contributed by atoms with E-state index in [2.05, 4.69) is 53.7 Å². The van der Waals surface area contributed by atoms with E-state index in [4.69, 9.17) is 5.84 Å². The van der Waals surface area contributed by atoms with Gasteiger partial charge in [-0.05, 0) is 47.0 Å². The number of hydrazine groups is 1. The number of aryl methyl sites for hydroxylation is 1. The molecule has 2 aromatic carbocycles. The molecule has 0 aliphatic heterocycles. The van der Waals surface area contributed by atoms with Crippen LogP contribution in [0.1, 0.15) is 22.9 Å². The summed E-state index contributed by atoms with van der Waals surface area (Å²) in [5.74, 6) is 5.74. The number of nitrogens with zero attached hydrogens (tertiary/aromatic N) is 1. The van der Waals surface area contributed by atoms with E-state index >= 15 is 0 Å². The monoisotopic (exact) mass is 263 g/mol. The van der Waals surface area contributed by atoms with Crippen molar-refractivity contribution in [2.45, 2.75) is 13.0 Å². The summed E-state index contributed by atoms with van der Waals surface area (Å²) in [5.41, 5.74) is 6.09. The van der Waals surface area contributed by atoms with E-state index in [-0.39, 0.29) is 6.04 Å². The van der Waals surface area contributed by atoms with Gasteiger partial charge in [0, 0.05) is 6.20 Å². The molecule has 0 aliphatic rings. The summed E-state index contributed by atoms with van der Waals surface area (Å²) < 4.78 is 0. The fraction of sp³-hybridized carbons (Fsp3) is 0.118. The van der Waals surface area contributed by atoms with Crippen LogP contribution < -0.4 is 11.3 Å². The molecule has 0 radical (unpaired) electrons. The average molecular weight is 263 g/mol. The van der Waals surface area contributed by atoms with Gasteiger partial charge in [0.05, 0.1) is 11.7 Å². The van der Waals surface area contributed by atoms with Crippen molar-refractivity contribution < 1.29 is 0 Å². The Morgan fingerprint density at radius 2 is 1.80 bits per heavy atom. The molecule has 0 aliphatic carbocycles. The molecule has 0 fully saturated rings. The molecule has 100 valence electrons. The van der Waals surface area contributed by atoms with Gasteiger partial charge in [-0.1, -0.05) is 36.4 Å². The van der Waals surface area contributed by atoms with Gasteiger partial charge >= 0.3 is 0 Å². The average Bonchev–Trinajstić information content (AvgIpc) is 2.48. The third-order valence-electron chi connectivity index (χ3n) is 3.51. The minimum atomic E-state index is -0.0977. The predicted molar refractivity (Wildman–Crippen MR) is 82.1 cm³/mol. The van der Waals surface area contributed by atoms with E-state index in [0.717, 1.165) is 11.3 Å². The number of pyridine rings is 1. The highest BCUT2D eigenvalue weighted by molar-refractivity contribution is 5.83. The van der Waals surface area contributed by atoms with Crippen LogP contribution in [0.4, 0.5) is 0 Å². The summed E-state index contributed by atoms with van der Waals surface area (Å²) >= 11 is 0. The van der Waals surface area contributed by atoms with Crippen molar-refractivity contribution in [1.29, 1.82) is 0 Å². The first-order valence-electron chi connectivity index (χ1n) is 6.65. The van der Waals surface area contributed by atoms with Gasteiger partial charge in [-0.3, -0.25) is 10.8 Å². The highest BCUT2D eigenvalue weighted by Gasteiger charge is 2.14. The summed E-state index contributed by atoms with van der Waals surface area (Å²) in [4.78, 5) is 4.42. The molecule has 0 spiro atoms. The largest absolute Gasteiger partial charge is 0.271 e. The van der Waals surface area contributed by atoms with Gasteiger partial charge < -0.3 is 0 Å². The number of hydrogen-bond donors (Lipinski definition) is 2. The van der Waals surface area contributed by atoms with E-state index in [1.54, 1.807) is 0 Å². The third kappa shape index (κ3) is 2.41. The van der Waals surface area contributed by atoms with E-state index in [1.807, 2.05) is 24.4 Å². The maximum Gasteiger partial charge on any atom is 0.0881 e. The van der Waals surface area contributed by atoms with Crippen LogP contribution in [0.25, 0.3) is 10.8 Å². The summed E-state index contributed by atoms with van der Waals surface area (Å²) in [6.07, 6.45) is 1.82. The first kappa shape index (κ1) is 12.8. The number of fused-ring (bicyclic) bond motifs is 1. The van der Waals surface area contributed by atoms with E-state index < -0.39 is 0 Å². The Labute approximate surface area is 118 Å². The van der Waals surface area contributed by atoms with Crippen LogP contribution in [0.15, 0.2) is 60.8 Å². The Bertz CT molecular complexity index is 737. The van der Waals surface area contributed by atoms with Crippen LogP contribution in [0.2, 0.25) is 0 Å². The van der Waals surface area contributed by atoms with Crippen LogP contribution in [-0.2, 0) is 0 Å².